The van der Waals surface area contributed by atoms with Gasteiger partial charge in [0.25, 0.3) is 5.91 Å². The van der Waals surface area contributed by atoms with Crippen LogP contribution < -0.4 is 10.1 Å². The van der Waals surface area contributed by atoms with Gasteiger partial charge in [-0.15, -0.1) is 10.2 Å². The van der Waals surface area contributed by atoms with Crippen LogP contribution in [0.15, 0.2) is 28.6 Å². The fraction of sp³-hybridized carbons (Fsp3) is 0.250. The monoisotopic (exact) mass is 329 g/mol. The zero-order chi connectivity index (χ0) is 14.5. The van der Waals surface area contributed by atoms with E-state index in [0.717, 1.165) is 4.34 Å². The van der Waals surface area contributed by atoms with E-state index in [4.69, 9.17) is 16.3 Å². The first-order valence-electron chi connectivity index (χ1n) is 5.69. The third kappa shape index (κ3) is 4.09. The Kier molecular flexibility index (Phi) is 5.22. The summed E-state index contributed by atoms with van der Waals surface area (Å²) in [6, 6.07) is 6.83. The van der Waals surface area contributed by atoms with Crippen molar-refractivity contribution < 1.29 is 9.53 Å². The molecule has 0 aliphatic rings. The van der Waals surface area contributed by atoms with E-state index in [9.17, 15) is 4.79 Å². The van der Waals surface area contributed by atoms with Crippen LogP contribution in [0.25, 0.3) is 0 Å². The number of ether oxygens (including phenoxy) is 1. The second kappa shape index (κ2) is 6.92. The van der Waals surface area contributed by atoms with Gasteiger partial charge in [-0.1, -0.05) is 34.7 Å². The van der Waals surface area contributed by atoms with Crippen LogP contribution in [0.4, 0.5) is 5.13 Å². The van der Waals surface area contributed by atoms with Gasteiger partial charge in [0.2, 0.25) is 5.13 Å². The highest BCUT2D eigenvalue weighted by molar-refractivity contribution is 8.00. The van der Waals surface area contributed by atoms with E-state index in [1.807, 2.05) is 6.26 Å². The lowest BCUT2D eigenvalue weighted by Gasteiger charge is -2.13. The van der Waals surface area contributed by atoms with Crippen molar-refractivity contribution >= 4 is 45.7 Å². The van der Waals surface area contributed by atoms with Crippen molar-refractivity contribution in [2.45, 2.75) is 17.4 Å². The summed E-state index contributed by atoms with van der Waals surface area (Å²) in [6.07, 6.45) is 1.26. The molecular weight excluding hydrogens is 318 g/mol. The smallest absolute Gasteiger partial charge is 0.266 e. The van der Waals surface area contributed by atoms with Crippen molar-refractivity contribution in [1.82, 2.24) is 10.2 Å². The van der Waals surface area contributed by atoms with Crippen molar-refractivity contribution in [1.29, 1.82) is 0 Å². The summed E-state index contributed by atoms with van der Waals surface area (Å²) in [4.78, 5) is 12.0. The van der Waals surface area contributed by atoms with E-state index >= 15 is 0 Å². The lowest BCUT2D eigenvalue weighted by Crippen LogP contribution is -2.30. The molecule has 0 saturated carbocycles. The molecular formula is C12H12ClN3O2S2. The summed E-state index contributed by atoms with van der Waals surface area (Å²) < 4.78 is 6.31. The molecule has 0 fully saturated rings. The van der Waals surface area contributed by atoms with Gasteiger partial charge in [0.1, 0.15) is 5.75 Å². The van der Waals surface area contributed by atoms with Gasteiger partial charge >= 0.3 is 0 Å². The van der Waals surface area contributed by atoms with Crippen molar-refractivity contribution in [3.05, 3.63) is 29.3 Å². The Labute approximate surface area is 129 Å². The number of anilines is 1. The molecule has 0 bridgehead atoms. The molecule has 1 amide bonds. The minimum atomic E-state index is -0.641. The molecule has 20 heavy (non-hydrogen) atoms. The summed E-state index contributed by atoms with van der Waals surface area (Å²) in [5, 5.41) is 11.5. The van der Waals surface area contributed by atoms with Gasteiger partial charge in [0, 0.05) is 5.02 Å². The molecule has 8 heteroatoms. The Morgan fingerprint density at radius 1 is 1.40 bits per heavy atom. The summed E-state index contributed by atoms with van der Waals surface area (Å²) in [5.41, 5.74) is 0. The predicted molar refractivity (Wildman–Crippen MR) is 81.9 cm³/mol. The van der Waals surface area contributed by atoms with Gasteiger partial charge in [0.05, 0.1) is 0 Å². The highest BCUT2D eigenvalue weighted by atomic mass is 35.5. The highest BCUT2D eigenvalue weighted by Crippen LogP contribution is 2.23. The molecule has 0 saturated heterocycles. The van der Waals surface area contributed by atoms with Crippen LogP contribution in [0, 0.1) is 0 Å². The summed E-state index contributed by atoms with van der Waals surface area (Å²) in [7, 11) is 0. The number of carbonyl (C=O) groups excluding carboxylic acids is 1. The topological polar surface area (TPSA) is 64.1 Å². The van der Waals surface area contributed by atoms with Crippen LogP contribution in [0.1, 0.15) is 6.92 Å². The van der Waals surface area contributed by atoms with Gasteiger partial charge in [-0.2, -0.15) is 0 Å². The first-order chi connectivity index (χ1) is 9.58. The standard InChI is InChI=1S/C12H12ClN3O2S2/c1-7(18-9-5-3-8(13)4-6-9)10(17)14-11-15-16-12(19-2)20-11/h3-7H,1-2H3,(H,14,15,17)/t7-/m0/s1. The Balaban J connectivity index is 1.93. The van der Waals surface area contributed by atoms with Crippen molar-refractivity contribution in [2.24, 2.45) is 0 Å². The molecule has 1 aromatic carbocycles. The number of amides is 1. The third-order valence-corrected chi connectivity index (χ3v) is 4.37. The number of halogens is 1. The van der Waals surface area contributed by atoms with Gasteiger partial charge in [-0.05, 0) is 37.4 Å². The molecule has 2 aromatic rings. The predicted octanol–water partition coefficient (Wildman–Crippen LogP) is 3.32. The first-order valence-corrected chi connectivity index (χ1v) is 8.11. The molecule has 0 spiro atoms. The van der Waals surface area contributed by atoms with E-state index in [-0.39, 0.29) is 5.91 Å². The molecule has 2 rings (SSSR count). The lowest BCUT2D eigenvalue weighted by atomic mass is 10.3. The number of nitrogens with zero attached hydrogens (tertiary/aromatic N) is 2. The maximum atomic E-state index is 12.0. The van der Waals surface area contributed by atoms with Crippen LogP contribution in [-0.4, -0.2) is 28.5 Å². The van der Waals surface area contributed by atoms with Crippen molar-refractivity contribution in [3.63, 3.8) is 0 Å². The van der Waals surface area contributed by atoms with Crippen LogP contribution in [0.3, 0.4) is 0 Å². The summed E-state index contributed by atoms with van der Waals surface area (Å²) in [6.45, 7) is 1.67. The van der Waals surface area contributed by atoms with Gasteiger partial charge in [0.15, 0.2) is 10.4 Å². The Morgan fingerprint density at radius 2 is 2.10 bits per heavy atom. The summed E-state index contributed by atoms with van der Waals surface area (Å²) >= 11 is 8.59. The molecule has 0 aliphatic heterocycles. The average Bonchev–Trinajstić information content (AvgIpc) is 2.89. The SMILES string of the molecule is CSc1nnc(NC(=O)[C@H](C)Oc2ccc(Cl)cc2)s1. The number of rotatable bonds is 5. The first kappa shape index (κ1) is 15.1. The Morgan fingerprint density at radius 3 is 2.70 bits per heavy atom. The molecule has 0 unspecified atom stereocenters. The molecule has 106 valence electrons. The number of hydrogen-bond acceptors (Lipinski definition) is 6. The molecule has 1 N–H and O–H groups in total. The number of hydrogen-bond donors (Lipinski definition) is 1. The molecule has 0 radical (unpaired) electrons. The fourth-order valence-corrected chi connectivity index (χ4v) is 2.62. The number of nitrogens with one attached hydrogen (secondary N) is 1. The highest BCUT2D eigenvalue weighted by Gasteiger charge is 2.16. The second-order valence-electron chi connectivity index (χ2n) is 3.78. The van der Waals surface area contributed by atoms with Crippen molar-refractivity contribution in [2.75, 3.05) is 11.6 Å². The van der Waals surface area contributed by atoms with E-state index < -0.39 is 6.10 Å². The fourth-order valence-electron chi connectivity index (χ4n) is 1.32. The van der Waals surface area contributed by atoms with Crippen molar-refractivity contribution in [3.8, 4) is 5.75 Å². The quantitative estimate of drug-likeness (QED) is 0.673. The maximum Gasteiger partial charge on any atom is 0.266 e. The van der Waals surface area contributed by atoms with E-state index in [0.29, 0.717) is 15.9 Å². The molecule has 1 aromatic heterocycles. The second-order valence-corrected chi connectivity index (χ2v) is 6.25. The zero-order valence-corrected chi connectivity index (χ0v) is 13.2. The number of benzene rings is 1. The van der Waals surface area contributed by atoms with Crippen LogP contribution >= 0.6 is 34.7 Å². The van der Waals surface area contributed by atoms with Gasteiger partial charge < -0.3 is 4.74 Å². The van der Waals surface area contributed by atoms with E-state index in [1.54, 1.807) is 31.2 Å². The lowest BCUT2D eigenvalue weighted by molar-refractivity contribution is -0.122. The van der Waals surface area contributed by atoms with Crippen LogP contribution in [0.5, 0.6) is 5.75 Å². The minimum Gasteiger partial charge on any atom is -0.481 e. The molecule has 0 aliphatic carbocycles. The Bertz CT molecular complexity index is 589. The normalized spacial score (nSPS) is 11.9. The van der Waals surface area contributed by atoms with Gasteiger partial charge in [-0.25, -0.2) is 0 Å². The van der Waals surface area contributed by atoms with Crippen LogP contribution in [0.2, 0.25) is 5.02 Å². The molecule has 1 atom stereocenters. The number of aromatic nitrogens is 2. The van der Waals surface area contributed by atoms with Crippen LogP contribution in [-0.2, 0) is 4.79 Å². The Hall–Kier alpha value is -1.31. The number of thioether (sulfide) groups is 1. The van der Waals surface area contributed by atoms with E-state index in [1.165, 1.54) is 23.1 Å². The molecule has 5 nitrogen and oxygen atoms in total. The minimum absolute atomic E-state index is 0.274. The summed E-state index contributed by atoms with van der Waals surface area (Å²) in [5.74, 6) is 0.308. The van der Waals surface area contributed by atoms with E-state index in [2.05, 4.69) is 15.5 Å². The third-order valence-electron chi connectivity index (χ3n) is 2.31. The average molecular weight is 330 g/mol. The zero-order valence-electron chi connectivity index (χ0n) is 10.8. The molecule has 1 heterocycles. The maximum absolute atomic E-state index is 12.0. The largest absolute Gasteiger partial charge is 0.481 e. The number of carbonyl (C=O) groups is 1. The van der Waals surface area contributed by atoms with Gasteiger partial charge in [-0.3, -0.25) is 10.1 Å².